The van der Waals surface area contributed by atoms with E-state index in [1.807, 2.05) is 54.0 Å². The Morgan fingerprint density at radius 3 is 1.70 bits per heavy atom. The molecular weight excluding hydrogens is 330 g/mol. The third-order valence-corrected chi connectivity index (χ3v) is 6.37. The molecule has 2 aromatic rings. The van der Waals surface area contributed by atoms with E-state index in [0.717, 1.165) is 17.0 Å². The van der Waals surface area contributed by atoms with Crippen molar-refractivity contribution < 1.29 is 10.2 Å². The number of anilines is 1. The molecule has 0 spiro atoms. The molecule has 27 heavy (non-hydrogen) atoms. The molecule has 0 aromatic carbocycles. The summed E-state index contributed by atoms with van der Waals surface area (Å²) in [5.74, 6) is 1.28. The molecule has 0 amide bonds. The van der Waals surface area contributed by atoms with Crippen molar-refractivity contribution in [3.63, 3.8) is 0 Å². The van der Waals surface area contributed by atoms with E-state index < -0.39 is 21.5 Å². The van der Waals surface area contributed by atoms with E-state index >= 15 is 0 Å². The van der Waals surface area contributed by atoms with Crippen LogP contribution in [0.25, 0.3) is 5.78 Å². The number of aliphatic hydroxyl groups is 2. The molecular formula is C10H25B10N5O2. The van der Waals surface area contributed by atoms with Crippen LogP contribution < -0.4 is 16.1 Å². The number of nitrogens with zero attached hydrogens (tertiary/aromatic N) is 5. The first-order chi connectivity index (χ1) is 11.9. The molecule has 2 N–H and O–H groups in total. The zero-order valence-corrected chi connectivity index (χ0v) is 18.6. The molecule has 0 saturated heterocycles. The summed E-state index contributed by atoms with van der Waals surface area (Å²) >= 11 is 0. The van der Waals surface area contributed by atoms with Crippen molar-refractivity contribution in [3.05, 3.63) is 5.69 Å². The molecule has 0 fully saturated rings. The third kappa shape index (κ3) is 3.53. The summed E-state index contributed by atoms with van der Waals surface area (Å²) in [5.41, 5.74) is 2.39. The monoisotopic (exact) mass is 357 g/mol. The van der Waals surface area contributed by atoms with E-state index in [9.17, 15) is 10.2 Å². The summed E-state index contributed by atoms with van der Waals surface area (Å²) in [4.78, 5) is 11.1. The van der Waals surface area contributed by atoms with Crippen molar-refractivity contribution in [2.24, 2.45) is 0 Å². The molecule has 0 aliphatic carbocycles. The molecule has 17 heteroatoms. The molecule has 0 atom stereocenters. The van der Waals surface area contributed by atoms with Gasteiger partial charge in [0.05, 0.1) is 0 Å². The van der Waals surface area contributed by atoms with Gasteiger partial charge in [0.2, 0.25) is 0 Å². The highest BCUT2D eigenvalue weighted by Gasteiger charge is 2.51. The van der Waals surface area contributed by atoms with Gasteiger partial charge in [-0.2, -0.15) is 9.61 Å². The highest BCUT2D eigenvalue weighted by molar-refractivity contribution is 6.59. The minimum atomic E-state index is -1.07. The smallest absolute Gasteiger partial charge is 0.253 e. The van der Waals surface area contributed by atoms with E-state index in [1.54, 1.807) is 35.9 Å². The van der Waals surface area contributed by atoms with Crippen LogP contribution in [0.15, 0.2) is 0 Å². The van der Waals surface area contributed by atoms with E-state index in [1.165, 1.54) is 0 Å². The zero-order valence-electron chi connectivity index (χ0n) is 18.6. The highest BCUT2D eigenvalue weighted by Crippen LogP contribution is 2.33. The molecule has 0 radical (unpaired) electrons. The van der Waals surface area contributed by atoms with Gasteiger partial charge < -0.3 is 15.1 Å². The SMILES string of the molecule is Bc1nc2nc(C)c(B)c(N(C(B)(B)C(B)(B)O)C(B)(B)C(B)(B)O)n2n1. The van der Waals surface area contributed by atoms with Crippen LogP contribution in [0.5, 0.6) is 0 Å². The van der Waals surface area contributed by atoms with Crippen LogP contribution >= 0.6 is 0 Å². The van der Waals surface area contributed by atoms with Crippen molar-refractivity contribution in [2.75, 3.05) is 4.90 Å². The Bertz CT molecular complexity index is 848. The maximum Gasteiger partial charge on any atom is 0.253 e. The average Bonchev–Trinajstić information content (AvgIpc) is 2.80. The number of hydrogen-bond donors (Lipinski definition) is 2. The van der Waals surface area contributed by atoms with Crippen LogP contribution in [0.2, 0.25) is 0 Å². The number of aryl methyl sites for hydroxylation is 1. The summed E-state index contributed by atoms with van der Waals surface area (Å²) in [6.45, 7) is 1.94. The number of hydrogen-bond acceptors (Lipinski definition) is 6. The topological polar surface area (TPSA) is 86.8 Å². The van der Waals surface area contributed by atoms with Gasteiger partial charge in [-0.1, -0.05) is 0 Å². The van der Waals surface area contributed by atoms with Gasteiger partial charge in [0.25, 0.3) is 5.78 Å². The normalized spacial score (nSPS) is 13.7. The molecule has 132 valence electrons. The van der Waals surface area contributed by atoms with E-state index in [0.29, 0.717) is 11.5 Å². The molecule has 7 nitrogen and oxygen atoms in total. The molecule has 0 aliphatic heterocycles. The van der Waals surface area contributed by atoms with Crippen molar-refractivity contribution in [1.29, 1.82) is 0 Å². The van der Waals surface area contributed by atoms with E-state index in [-0.39, 0.29) is 0 Å². The van der Waals surface area contributed by atoms with Crippen LogP contribution in [0.4, 0.5) is 5.82 Å². The fourth-order valence-electron chi connectivity index (χ4n) is 3.21. The Balaban J connectivity index is 3.00. The van der Waals surface area contributed by atoms with Gasteiger partial charge in [-0.15, -0.1) is 0 Å². The van der Waals surface area contributed by atoms with Crippen molar-refractivity contribution in [3.8, 4) is 0 Å². The molecule has 0 bridgehead atoms. The number of rotatable bonds is 5. The predicted octanol–water partition coefficient (Wildman–Crippen LogP) is -12.6. The van der Waals surface area contributed by atoms with Crippen LogP contribution in [0, 0.1) is 6.92 Å². The second-order valence-corrected chi connectivity index (χ2v) is 9.59. The molecule has 0 saturated carbocycles. The Morgan fingerprint density at radius 2 is 1.30 bits per heavy atom. The lowest BCUT2D eigenvalue weighted by molar-refractivity contribution is 0.155. The maximum atomic E-state index is 11.1. The van der Waals surface area contributed by atoms with Crippen LogP contribution in [0.1, 0.15) is 5.69 Å². The van der Waals surface area contributed by atoms with Crippen LogP contribution in [-0.2, 0) is 0 Å². The van der Waals surface area contributed by atoms with Gasteiger partial charge in [-0.05, 0) is 23.1 Å². The third-order valence-electron chi connectivity index (χ3n) is 6.37. The Hall–Kier alpha value is -1.08. The lowest BCUT2D eigenvalue weighted by atomic mass is 9.33. The molecule has 2 aromatic heterocycles. The largest absolute Gasteiger partial charge is 0.407 e. The lowest BCUT2D eigenvalue weighted by Crippen LogP contribution is -2.79. The average molecular weight is 355 g/mol. The van der Waals surface area contributed by atoms with Gasteiger partial charge in [0, 0.05) is 16.5 Å². The minimum absolute atomic E-state index is 0.508. The van der Waals surface area contributed by atoms with Crippen LogP contribution in [-0.4, -0.2) is 130 Å². The molecule has 2 rings (SSSR count). The summed E-state index contributed by atoms with van der Waals surface area (Å²) in [7, 11) is 18.9. The van der Waals surface area contributed by atoms with Gasteiger partial charge in [0.1, 0.15) is 82.2 Å². The summed E-state index contributed by atoms with van der Waals surface area (Å²) < 4.78 is 1.72. The predicted molar refractivity (Wildman–Crippen MR) is 138 cm³/mol. The van der Waals surface area contributed by atoms with Crippen molar-refractivity contribution >= 4 is 101 Å². The zero-order chi connectivity index (χ0) is 21.2. The van der Waals surface area contributed by atoms with Gasteiger partial charge in [-0.3, -0.25) is 0 Å². The van der Waals surface area contributed by atoms with E-state index in [2.05, 4.69) is 20.0 Å². The first-order valence-electron chi connectivity index (χ1n) is 9.38. The summed E-state index contributed by atoms with van der Waals surface area (Å²) in [6.07, 6.45) is 0. The fourth-order valence-corrected chi connectivity index (χ4v) is 3.21. The first-order valence-corrected chi connectivity index (χ1v) is 9.38. The summed E-state index contributed by atoms with van der Waals surface area (Å²) in [5, 5.41) is 23.1. The maximum absolute atomic E-state index is 11.1. The first kappa shape index (κ1) is 22.2. The Kier molecular flexibility index (Phi) is 5.33. The van der Waals surface area contributed by atoms with Gasteiger partial charge in [0.15, 0.2) is 7.85 Å². The Labute approximate surface area is 170 Å². The van der Waals surface area contributed by atoms with E-state index in [4.69, 9.17) is 0 Å². The van der Waals surface area contributed by atoms with Gasteiger partial charge in [-0.25, -0.2) is 9.97 Å². The summed E-state index contributed by atoms with van der Waals surface area (Å²) in [6, 6.07) is 0. The second kappa shape index (κ2) is 6.48. The molecule has 0 aliphatic rings. The second-order valence-electron chi connectivity index (χ2n) is 9.59. The van der Waals surface area contributed by atoms with Crippen molar-refractivity contribution in [1.82, 2.24) is 19.6 Å². The van der Waals surface area contributed by atoms with Crippen molar-refractivity contribution in [2.45, 2.75) is 28.4 Å². The Morgan fingerprint density at radius 1 is 0.852 bits per heavy atom. The highest BCUT2D eigenvalue weighted by atomic mass is 16.3. The number of fused-ring (bicyclic) bond motifs is 1. The number of aromatic nitrogens is 4. The minimum Gasteiger partial charge on any atom is -0.407 e. The van der Waals surface area contributed by atoms with Crippen LogP contribution in [0.3, 0.4) is 0 Å². The molecule has 2 heterocycles. The lowest BCUT2D eigenvalue weighted by Gasteiger charge is -2.60. The fraction of sp³-hybridized carbons (Fsp3) is 0.500. The van der Waals surface area contributed by atoms with Gasteiger partial charge >= 0.3 is 0 Å². The quantitative estimate of drug-likeness (QED) is 0.518. The molecule has 0 unspecified atom stereocenters. The standard InChI is InChI=1S/C10H25B10N5O2/c1-2-3(11)4(24-6(21-2)22-5(12)23-24)25(7(13,14)9(17,18)26)8(15,16)10(19,20)27/h26-27H,11-20H2,1H3.